The van der Waals surface area contributed by atoms with Gasteiger partial charge in [0.2, 0.25) is 0 Å². The summed E-state index contributed by atoms with van der Waals surface area (Å²) in [5, 5.41) is 82.3. The van der Waals surface area contributed by atoms with Crippen molar-refractivity contribution in [2.45, 2.75) is 125 Å². The van der Waals surface area contributed by atoms with Gasteiger partial charge in [-0.25, -0.2) is 19.2 Å². The van der Waals surface area contributed by atoms with Crippen molar-refractivity contribution in [2.24, 2.45) is 0 Å². The molecular weight excluding hydrogens is 1740 g/mol. The van der Waals surface area contributed by atoms with Crippen molar-refractivity contribution in [3.05, 3.63) is 305 Å². The molecule has 0 unspecified atom stereocenters. The highest BCUT2D eigenvalue weighted by Gasteiger charge is 2.27. The van der Waals surface area contributed by atoms with E-state index in [2.05, 4.69) is 95.6 Å². The fourth-order valence-corrected chi connectivity index (χ4v) is 13.0. The van der Waals surface area contributed by atoms with Crippen molar-refractivity contribution >= 4 is 91.7 Å². The van der Waals surface area contributed by atoms with Gasteiger partial charge in [-0.3, -0.25) is 14.4 Å². The van der Waals surface area contributed by atoms with Gasteiger partial charge in [-0.05, 0) is 179 Å². The van der Waals surface area contributed by atoms with E-state index >= 15 is 0 Å². The molecule has 0 atom stereocenters. The lowest BCUT2D eigenvalue weighted by Gasteiger charge is -2.23. The number of aromatic hydroxyl groups is 5. The minimum atomic E-state index is -0.528. The fraction of sp³-hybridized carbons (Fsp3) is 0.260. The number of carbonyl (C=O) groups excluding carboxylic acids is 7. The van der Waals surface area contributed by atoms with Crippen LogP contribution in [0.3, 0.4) is 0 Å². The first-order valence-corrected chi connectivity index (χ1v) is 43.4. The quantitative estimate of drug-likeness (QED) is 0.00545. The summed E-state index contributed by atoms with van der Waals surface area (Å²) in [6.07, 6.45) is 7.09. The van der Waals surface area contributed by atoms with Gasteiger partial charge in [0.05, 0.1) is 38.6 Å². The number of benzene rings is 10. The van der Waals surface area contributed by atoms with Crippen molar-refractivity contribution < 1.29 is 97.0 Å². The molecule has 3 heterocycles. The number of hydrogen-bond donors (Lipinski definition) is 6. The number of nitrogens with one attached hydrogen (secondary N) is 1. The Kier molecular flexibility index (Phi) is 37.0. The summed E-state index contributed by atoms with van der Waals surface area (Å²) in [4.78, 5) is 85.6. The number of rotatable bonds is 34. The van der Waals surface area contributed by atoms with Crippen molar-refractivity contribution in [3.63, 3.8) is 0 Å². The van der Waals surface area contributed by atoms with E-state index in [1.165, 1.54) is 44.7 Å². The number of ether oxygens (including phenoxy) is 8. The lowest BCUT2D eigenvalue weighted by Crippen LogP contribution is -2.14. The molecule has 0 spiro atoms. The van der Waals surface area contributed by atoms with Crippen LogP contribution in [0.5, 0.6) is 51.7 Å². The Labute approximate surface area is 787 Å². The Hall–Kier alpha value is -15.7. The third kappa shape index (κ3) is 29.9. The normalized spacial score (nSPS) is 10.9. The summed E-state index contributed by atoms with van der Waals surface area (Å²) < 4.78 is 41.2. The van der Waals surface area contributed by atoms with Crippen molar-refractivity contribution in [2.75, 3.05) is 59.2 Å². The number of phenolic OH excluding ortho intramolecular Hbond substituents is 5. The minimum absolute atomic E-state index is 0.00408. The van der Waals surface area contributed by atoms with Crippen LogP contribution in [0.4, 0.5) is 5.69 Å². The highest BCUT2D eigenvalue weighted by Crippen LogP contribution is 2.40. The zero-order valence-corrected chi connectivity index (χ0v) is 78.3. The molecule has 0 aliphatic heterocycles. The minimum Gasteiger partial charge on any atom is -0.507 e. The Bertz CT molecular complexity index is 6480. The highest BCUT2D eigenvalue weighted by molar-refractivity contribution is 6.31. The number of esters is 4. The van der Waals surface area contributed by atoms with Gasteiger partial charge in [-0.15, -0.1) is 45.0 Å². The summed E-state index contributed by atoms with van der Waals surface area (Å²) in [7, 11) is 3.19. The molecule has 31 heteroatoms. The Morgan fingerprint density at radius 3 is 1.21 bits per heavy atom. The van der Waals surface area contributed by atoms with Crippen molar-refractivity contribution in [1.82, 2.24) is 45.0 Å². The molecule has 0 bridgehead atoms. The number of anilines is 1. The molecular formula is C104H111ClN10O20. The zero-order valence-electron chi connectivity index (χ0n) is 77.5. The topological polar surface area (TPSA) is 399 Å². The second kappa shape index (κ2) is 48.4. The molecule has 0 saturated carbocycles. The summed E-state index contributed by atoms with van der Waals surface area (Å²) >= 11 is 6.06. The lowest BCUT2D eigenvalue weighted by molar-refractivity contribution is -0.140. The standard InChI is InChI=1S/C27H35N3O4.C23H26ClN3O3.C19H18O5.C18H16O5.C17H16N4O3/c1-18(2)26(32)34-14-10-8-7-9-11-19-15-21(27(3,4)5)25(31)24(16-19)30-28-22-13-12-20(33-6)17-23(22)29-30;1-14(2)22(29)30-10-6-7-15-11-17(23(3,4)5)21(28)20(12-15)27-25-18-9-8-16(24)13-19(18)26-27;1-13(2)19(22)24-11-10-23-15-8-9-16(17(20)12-15)18(21)14-6-4-3-5-7-14;1-2-17(20)23-11-10-22-14-8-9-15(16(19)12-14)18(21)13-6-4-3-5-7-13;1-10(2)17(23)18-11-4-7-16(22)15(8-11)21-19-13-6-5-12(24-3)9-14(13)20-21/h12-13,15-17,31H,1,7-11,14H2,2-6H3;8-9,11-13,28H,1,6-7,10H2,2-5H3;3-9,12,20H,1,10-11H2,2H3;2-9,12,19H,1,10-11H2;4-9,22H,1H2,2-3H3,(H,18,23). The molecule has 0 radical (unpaired) electrons. The molecule has 135 heavy (non-hydrogen) atoms. The third-order valence-corrected chi connectivity index (χ3v) is 20.3. The predicted molar refractivity (Wildman–Crippen MR) is 516 cm³/mol. The molecule has 0 aliphatic rings. The van der Waals surface area contributed by atoms with Gasteiger partial charge >= 0.3 is 23.9 Å². The van der Waals surface area contributed by atoms with E-state index in [4.69, 9.17) is 49.5 Å². The van der Waals surface area contributed by atoms with Crippen molar-refractivity contribution in [3.8, 4) is 68.8 Å². The van der Waals surface area contributed by atoms with Gasteiger partial charge in [0.1, 0.15) is 128 Å². The molecule has 13 rings (SSSR count). The number of unbranched alkanes of at least 4 members (excludes halogenated alkanes) is 3. The molecule has 0 fully saturated rings. The van der Waals surface area contributed by atoms with Gasteiger partial charge in [0.15, 0.2) is 11.6 Å². The first-order valence-electron chi connectivity index (χ1n) is 43.0. The molecule has 3 aromatic heterocycles. The Morgan fingerprint density at radius 1 is 0.393 bits per heavy atom. The van der Waals surface area contributed by atoms with Crippen LogP contribution in [0.2, 0.25) is 5.02 Å². The maximum atomic E-state index is 12.3. The van der Waals surface area contributed by atoms with Crippen molar-refractivity contribution in [1.29, 1.82) is 0 Å². The van der Waals surface area contributed by atoms with Gasteiger partial charge in [0, 0.05) is 85.6 Å². The van der Waals surface area contributed by atoms with Crippen LogP contribution >= 0.6 is 11.6 Å². The van der Waals surface area contributed by atoms with Gasteiger partial charge < -0.3 is 68.7 Å². The van der Waals surface area contributed by atoms with E-state index in [1.54, 1.807) is 151 Å². The molecule has 704 valence electrons. The van der Waals surface area contributed by atoms with Gasteiger partial charge in [0.25, 0.3) is 5.91 Å². The SMILES string of the molecule is C=C(C)C(=O)Nc1ccc(O)c(-n2nc3ccc(OC)cc3n2)c1.C=C(C)C(=O)OCCCCCCc1cc(-n2nc3ccc(OC)cc3n2)c(O)c(C(C)(C)C)c1.C=C(C)C(=O)OCCCc1cc(-n2nc3ccc(Cl)cc3n2)c(O)c(C(C)(C)C)c1.C=C(C)C(=O)OCCOc1ccc(C(=O)c2ccccc2)c(O)c1.C=CC(=O)OCCOc1ccc(C(=O)c2ccccc2)c(O)c1. The van der Waals surface area contributed by atoms with Crippen LogP contribution in [0.1, 0.15) is 155 Å². The number of fused-ring (bicyclic) bond motifs is 3. The smallest absolute Gasteiger partial charge is 0.333 e. The molecule has 6 N–H and O–H groups in total. The first kappa shape index (κ1) is 103. The predicted octanol–water partition coefficient (Wildman–Crippen LogP) is 19.3. The number of aryl methyl sites for hydroxylation is 2. The number of methoxy groups -OCH3 is 2. The second-order valence-electron chi connectivity index (χ2n) is 33.1. The zero-order chi connectivity index (χ0) is 98.4. The number of nitrogens with zero attached hydrogens (tertiary/aromatic N) is 9. The van der Waals surface area contributed by atoms with E-state index in [1.807, 2.05) is 69.3 Å². The number of halogens is 1. The van der Waals surface area contributed by atoms with E-state index < -0.39 is 11.9 Å². The van der Waals surface area contributed by atoms with Crippen LogP contribution < -0.4 is 24.3 Å². The van der Waals surface area contributed by atoms with Crippen LogP contribution in [-0.2, 0) is 66.6 Å². The molecule has 10 aromatic carbocycles. The molecule has 13 aromatic rings. The number of amides is 1. The second-order valence-corrected chi connectivity index (χ2v) is 33.5. The lowest BCUT2D eigenvalue weighted by atomic mass is 9.84. The number of carbonyl (C=O) groups is 7. The highest BCUT2D eigenvalue weighted by atomic mass is 35.5. The van der Waals surface area contributed by atoms with Crippen LogP contribution in [0, 0.1) is 0 Å². The molecule has 0 saturated heterocycles. The fourth-order valence-electron chi connectivity index (χ4n) is 12.8. The molecule has 1 amide bonds. The monoisotopic (exact) mass is 1850 g/mol. The number of hydrogen-bond acceptors (Lipinski definition) is 26. The summed E-state index contributed by atoms with van der Waals surface area (Å²) in [5.74, 6) is -0.420. The summed E-state index contributed by atoms with van der Waals surface area (Å²) in [6.45, 7) is 37.4. The maximum Gasteiger partial charge on any atom is 0.333 e. The van der Waals surface area contributed by atoms with Crippen LogP contribution in [0.15, 0.2) is 255 Å². The van der Waals surface area contributed by atoms with E-state index in [-0.39, 0.29) is 107 Å². The number of aromatic nitrogens is 9. The van der Waals surface area contributed by atoms with Crippen LogP contribution in [-0.4, -0.2) is 166 Å². The first-order chi connectivity index (χ1) is 64.2. The van der Waals surface area contributed by atoms with E-state index in [0.717, 1.165) is 66.0 Å². The van der Waals surface area contributed by atoms with Gasteiger partial charge in [-0.1, -0.05) is 172 Å². The average molecular weight is 1860 g/mol. The third-order valence-electron chi connectivity index (χ3n) is 20.0. The largest absolute Gasteiger partial charge is 0.507 e. The average Bonchev–Trinajstić information content (AvgIpc) is 1.72. The molecule has 30 nitrogen and oxygen atoms in total. The maximum absolute atomic E-state index is 12.3. The number of phenols is 5. The van der Waals surface area contributed by atoms with E-state index in [0.29, 0.717) is 138 Å². The van der Waals surface area contributed by atoms with E-state index in [9.17, 15) is 59.1 Å². The summed E-state index contributed by atoms with van der Waals surface area (Å²) in [6, 6.07) is 54.9. The molecule has 0 aliphatic carbocycles. The van der Waals surface area contributed by atoms with Crippen LogP contribution in [0.25, 0.3) is 50.2 Å². The van der Waals surface area contributed by atoms with Gasteiger partial charge in [-0.2, -0.15) is 0 Å². The Balaban J connectivity index is 0.000000191. The number of ketones is 2. The Morgan fingerprint density at radius 2 is 0.785 bits per heavy atom. The summed E-state index contributed by atoms with van der Waals surface area (Å²) in [5.41, 5.74) is 12.2.